The summed E-state index contributed by atoms with van der Waals surface area (Å²) >= 11 is 4.91. The van der Waals surface area contributed by atoms with Gasteiger partial charge in [0.15, 0.2) is 0 Å². The number of thiocarbonyl (C=S) groups is 1. The molecule has 5 heteroatoms. The van der Waals surface area contributed by atoms with E-state index in [1.807, 2.05) is 24.0 Å². The summed E-state index contributed by atoms with van der Waals surface area (Å²) in [6.45, 7) is 5.19. The van der Waals surface area contributed by atoms with Crippen molar-refractivity contribution in [1.82, 2.24) is 9.88 Å². The molecule has 0 aromatic carbocycles. The first-order valence-corrected chi connectivity index (χ1v) is 7.41. The average molecular weight is 293 g/mol. The fraction of sp³-hybridized carbons (Fsp3) is 0.533. The first-order chi connectivity index (χ1) is 9.54. The molecule has 2 N–H and O–H groups in total. The van der Waals surface area contributed by atoms with Gasteiger partial charge >= 0.3 is 0 Å². The number of amides is 1. The highest BCUT2D eigenvalue weighted by Gasteiger charge is 2.20. The Bertz CT molecular complexity index is 436. The Morgan fingerprint density at radius 2 is 2.30 bits per heavy atom. The van der Waals surface area contributed by atoms with Crippen LogP contribution in [0, 0.1) is 5.92 Å². The number of aromatic nitrogens is 1. The third-order valence-electron chi connectivity index (χ3n) is 3.18. The van der Waals surface area contributed by atoms with Crippen molar-refractivity contribution in [1.29, 1.82) is 0 Å². The minimum atomic E-state index is 0.0306. The number of nitrogens with two attached hydrogens (primary N) is 1. The van der Waals surface area contributed by atoms with Gasteiger partial charge in [-0.3, -0.25) is 9.78 Å². The molecule has 1 aromatic heterocycles. The van der Waals surface area contributed by atoms with Crippen LogP contribution in [0.2, 0.25) is 0 Å². The number of hydrogen-bond donors (Lipinski definition) is 1. The van der Waals surface area contributed by atoms with Crippen molar-refractivity contribution in [3.63, 3.8) is 0 Å². The number of hydrogen-bond acceptors (Lipinski definition) is 3. The minimum Gasteiger partial charge on any atom is -0.393 e. The van der Waals surface area contributed by atoms with E-state index in [1.165, 1.54) is 0 Å². The lowest BCUT2D eigenvalue weighted by atomic mass is 10.0. The van der Waals surface area contributed by atoms with Gasteiger partial charge < -0.3 is 10.6 Å². The molecule has 110 valence electrons. The second-order valence-electron chi connectivity index (χ2n) is 5.03. The minimum absolute atomic E-state index is 0.0306. The van der Waals surface area contributed by atoms with Gasteiger partial charge in [0.2, 0.25) is 5.91 Å². The van der Waals surface area contributed by atoms with E-state index >= 15 is 0 Å². The topological polar surface area (TPSA) is 59.2 Å². The third-order valence-corrected chi connectivity index (χ3v) is 3.38. The quantitative estimate of drug-likeness (QED) is 0.748. The lowest BCUT2D eigenvalue weighted by Crippen LogP contribution is -2.36. The van der Waals surface area contributed by atoms with E-state index in [9.17, 15) is 4.79 Å². The monoisotopic (exact) mass is 293 g/mol. The molecule has 1 unspecified atom stereocenters. The molecule has 1 atom stereocenters. The maximum Gasteiger partial charge on any atom is 0.225 e. The van der Waals surface area contributed by atoms with Crippen LogP contribution in [0.4, 0.5) is 0 Å². The standard InChI is InChI=1S/C15H23N3OS/c1-3-5-12(2)15(19)18(9-7-14(16)20)11-13-6-4-8-17-10-13/h4,6,8,10,12H,3,5,7,9,11H2,1-2H3,(H2,16,20). The molecule has 0 fully saturated rings. The summed E-state index contributed by atoms with van der Waals surface area (Å²) in [5.41, 5.74) is 6.57. The Balaban J connectivity index is 2.73. The molecule has 0 saturated carbocycles. The third kappa shape index (κ3) is 5.65. The van der Waals surface area contributed by atoms with Crippen LogP contribution in [0.3, 0.4) is 0 Å². The number of carbonyl (C=O) groups is 1. The summed E-state index contributed by atoms with van der Waals surface area (Å²) in [5, 5.41) is 0. The molecule has 0 saturated heterocycles. The maximum absolute atomic E-state index is 12.5. The SMILES string of the molecule is CCCC(C)C(=O)N(CCC(N)=S)Cc1cccnc1. The van der Waals surface area contributed by atoms with E-state index < -0.39 is 0 Å². The van der Waals surface area contributed by atoms with Gasteiger partial charge in [-0.15, -0.1) is 0 Å². The molecule has 0 bridgehead atoms. The van der Waals surface area contributed by atoms with Crippen molar-refractivity contribution < 1.29 is 4.79 Å². The molecular weight excluding hydrogens is 270 g/mol. The highest BCUT2D eigenvalue weighted by atomic mass is 32.1. The van der Waals surface area contributed by atoms with E-state index in [0.717, 1.165) is 18.4 Å². The van der Waals surface area contributed by atoms with Crippen LogP contribution < -0.4 is 5.73 Å². The Labute approximate surface area is 126 Å². The molecule has 1 heterocycles. The van der Waals surface area contributed by atoms with E-state index in [2.05, 4.69) is 11.9 Å². The summed E-state index contributed by atoms with van der Waals surface area (Å²) in [6, 6.07) is 3.85. The zero-order chi connectivity index (χ0) is 15.0. The fourth-order valence-electron chi connectivity index (χ4n) is 2.09. The van der Waals surface area contributed by atoms with E-state index in [0.29, 0.717) is 24.5 Å². The number of pyridine rings is 1. The largest absolute Gasteiger partial charge is 0.393 e. The van der Waals surface area contributed by atoms with Crippen LogP contribution in [0.25, 0.3) is 0 Å². The Morgan fingerprint density at radius 1 is 1.55 bits per heavy atom. The lowest BCUT2D eigenvalue weighted by molar-refractivity contribution is -0.135. The zero-order valence-electron chi connectivity index (χ0n) is 12.2. The van der Waals surface area contributed by atoms with Gasteiger partial charge in [0.1, 0.15) is 0 Å². The van der Waals surface area contributed by atoms with Crippen molar-refractivity contribution in [3.05, 3.63) is 30.1 Å². The van der Waals surface area contributed by atoms with Gasteiger partial charge in [-0.1, -0.05) is 38.6 Å². The molecule has 0 aliphatic heterocycles. The number of carbonyl (C=O) groups excluding carboxylic acids is 1. The predicted octanol–water partition coefficient (Wildman–Crippen LogP) is 2.52. The Morgan fingerprint density at radius 3 is 2.85 bits per heavy atom. The number of rotatable bonds is 8. The molecule has 0 spiro atoms. The second kappa shape index (κ2) is 8.64. The highest BCUT2D eigenvalue weighted by Crippen LogP contribution is 2.13. The maximum atomic E-state index is 12.5. The molecule has 0 aliphatic carbocycles. The van der Waals surface area contributed by atoms with Crippen molar-refractivity contribution in [3.8, 4) is 0 Å². The predicted molar refractivity (Wildman–Crippen MR) is 85.1 cm³/mol. The molecule has 1 amide bonds. The second-order valence-corrected chi connectivity index (χ2v) is 5.55. The summed E-state index contributed by atoms with van der Waals surface area (Å²) in [7, 11) is 0. The molecule has 0 aliphatic rings. The van der Waals surface area contributed by atoms with Crippen LogP contribution in [0.1, 0.15) is 38.7 Å². The van der Waals surface area contributed by atoms with Crippen LogP contribution in [-0.4, -0.2) is 27.3 Å². The van der Waals surface area contributed by atoms with Gasteiger partial charge in [-0.05, 0) is 18.1 Å². The van der Waals surface area contributed by atoms with Crippen LogP contribution in [-0.2, 0) is 11.3 Å². The summed E-state index contributed by atoms with van der Waals surface area (Å²) < 4.78 is 0. The highest BCUT2D eigenvalue weighted by molar-refractivity contribution is 7.80. The van der Waals surface area contributed by atoms with E-state index in [-0.39, 0.29) is 11.8 Å². The lowest BCUT2D eigenvalue weighted by Gasteiger charge is -2.25. The van der Waals surface area contributed by atoms with Crippen LogP contribution in [0.5, 0.6) is 0 Å². The Kier molecular flexibility index (Phi) is 7.15. The van der Waals surface area contributed by atoms with Crippen molar-refractivity contribution in [2.75, 3.05) is 6.54 Å². The molecule has 0 radical (unpaired) electrons. The van der Waals surface area contributed by atoms with Crippen molar-refractivity contribution in [2.45, 2.75) is 39.7 Å². The smallest absolute Gasteiger partial charge is 0.225 e. The van der Waals surface area contributed by atoms with Gasteiger partial charge in [-0.25, -0.2) is 0 Å². The van der Waals surface area contributed by atoms with Crippen LogP contribution in [0.15, 0.2) is 24.5 Å². The molecular formula is C15H23N3OS. The van der Waals surface area contributed by atoms with E-state index in [1.54, 1.807) is 12.4 Å². The van der Waals surface area contributed by atoms with Crippen molar-refractivity contribution >= 4 is 23.1 Å². The normalized spacial score (nSPS) is 11.9. The molecule has 1 aromatic rings. The Hall–Kier alpha value is -1.49. The first kappa shape index (κ1) is 16.6. The van der Waals surface area contributed by atoms with Gasteiger partial charge in [-0.2, -0.15) is 0 Å². The summed E-state index contributed by atoms with van der Waals surface area (Å²) in [4.78, 5) is 18.8. The fourth-order valence-corrected chi connectivity index (χ4v) is 2.18. The van der Waals surface area contributed by atoms with Gasteiger partial charge in [0.05, 0.1) is 4.99 Å². The summed E-state index contributed by atoms with van der Waals surface area (Å²) in [6.07, 6.45) is 5.97. The van der Waals surface area contributed by atoms with Gasteiger partial charge in [0, 0.05) is 37.8 Å². The average Bonchev–Trinajstić information content (AvgIpc) is 2.44. The number of nitrogens with zero attached hydrogens (tertiary/aromatic N) is 2. The zero-order valence-corrected chi connectivity index (χ0v) is 13.0. The molecule has 1 rings (SSSR count). The summed E-state index contributed by atoms with van der Waals surface area (Å²) in [5.74, 6) is 0.190. The van der Waals surface area contributed by atoms with E-state index in [4.69, 9.17) is 18.0 Å². The molecule has 4 nitrogen and oxygen atoms in total. The van der Waals surface area contributed by atoms with Crippen LogP contribution >= 0.6 is 12.2 Å². The van der Waals surface area contributed by atoms with Crippen molar-refractivity contribution in [2.24, 2.45) is 11.7 Å². The van der Waals surface area contributed by atoms with Gasteiger partial charge in [0.25, 0.3) is 0 Å². The molecule has 20 heavy (non-hydrogen) atoms. The first-order valence-electron chi connectivity index (χ1n) is 7.00.